The summed E-state index contributed by atoms with van der Waals surface area (Å²) in [5.74, 6) is 0.161. The van der Waals surface area contributed by atoms with Crippen molar-refractivity contribution in [2.24, 2.45) is 0 Å². The third-order valence-electron chi connectivity index (χ3n) is 5.56. The Balaban J connectivity index is 1.58. The largest absolute Gasteiger partial charge is 0.389 e. The van der Waals surface area contributed by atoms with Gasteiger partial charge >= 0.3 is 0 Å². The number of aliphatic hydroxyl groups excluding tert-OH is 1. The molecule has 1 N–H and O–H groups in total. The molecule has 0 aliphatic carbocycles. The molecule has 1 amide bonds. The molecule has 1 fully saturated rings. The lowest BCUT2D eigenvalue weighted by Gasteiger charge is -2.23. The molecule has 1 saturated heterocycles. The molecule has 1 aliphatic rings. The zero-order valence-corrected chi connectivity index (χ0v) is 17.2. The van der Waals surface area contributed by atoms with Gasteiger partial charge in [-0.15, -0.1) is 0 Å². The van der Waals surface area contributed by atoms with Gasteiger partial charge in [-0.1, -0.05) is 60.2 Å². The van der Waals surface area contributed by atoms with Gasteiger partial charge in [-0.3, -0.25) is 9.59 Å². The number of carbonyl (C=O) groups is 2. The van der Waals surface area contributed by atoms with Gasteiger partial charge in [0.25, 0.3) is 0 Å². The second-order valence-corrected chi connectivity index (χ2v) is 7.90. The van der Waals surface area contributed by atoms with E-state index in [0.29, 0.717) is 24.9 Å². The maximum atomic E-state index is 12.3. The van der Waals surface area contributed by atoms with Gasteiger partial charge in [0.2, 0.25) is 5.91 Å². The van der Waals surface area contributed by atoms with Gasteiger partial charge in [0.1, 0.15) is 6.29 Å². The average Bonchev–Trinajstić information content (AvgIpc) is 3.04. The van der Waals surface area contributed by atoms with Crippen LogP contribution in [0.25, 0.3) is 0 Å². The van der Waals surface area contributed by atoms with Crippen LogP contribution >= 0.6 is 0 Å². The lowest BCUT2D eigenvalue weighted by molar-refractivity contribution is -0.128. The number of benzene rings is 2. The van der Waals surface area contributed by atoms with Crippen LogP contribution in [0.2, 0.25) is 0 Å². The zero-order chi connectivity index (χ0) is 20.8. The summed E-state index contributed by atoms with van der Waals surface area (Å²) in [6.45, 7) is 4.61. The summed E-state index contributed by atoms with van der Waals surface area (Å²) in [6, 6.07) is 14.0. The minimum Gasteiger partial charge on any atom is -0.389 e. The van der Waals surface area contributed by atoms with Crippen LogP contribution in [0.5, 0.6) is 0 Å². The Morgan fingerprint density at radius 1 is 1.17 bits per heavy atom. The van der Waals surface area contributed by atoms with E-state index in [9.17, 15) is 14.7 Å². The van der Waals surface area contributed by atoms with Crippen molar-refractivity contribution in [3.8, 4) is 0 Å². The van der Waals surface area contributed by atoms with Gasteiger partial charge < -0.3 is 10.0 Å². The quantitative estimate of drug-likeness (QED) is 0.550. The predicted molar refractivity (Wildman–Crippen MR) is 115 cm³/mol. The molecule has 0 aromatic heterocycles. The van der Waals surface area contributed by atoms with Crippen molar-refractivity contribution in [2.75, 3.05) is 6.54 Å². The number of amides is 1. The molecule has 4 nitrogen and oxygen atoms in total. The number of carbonyl (C=O) groups excluding carboxylic acids is 2. The van der Waals surface area contributed by atoms with Crippen LogP contribution in [-0.4, -0.2) is 40.9 Å². The molecule has 0 spiro atoms. The number of hydrogen-bond donors (Lipinski definition) is 1. The molecule has 29 heavy (non-hydrogen) atoms. The third kappa shape index (κ3) is 5.64. The van der Waals surface area contributed by atoms with Crippen molar-refractivity contribution in [1.82, 2.24) is 4.90 Å². The Morgan fingerprint density at radius 2 is 2.00 bits per heavy atom. The number of likely N-dealkylation sites (tertiary alicyclic amines) is 1. The summed E-state index contributed by atoms with van der Waals surface area (Å²) in [5.41, 5.74) is 5.07. The molecule has 0 unspecified atom stereocenters. The topological polar surface area (TPSA) is 57.6 Å². The molecule has 2 aromatic carbocycles. The number of hydrogen-bond acceptors (Lipinski definition) is 3. The monoisotopic (exact) mass is 391 g/mol. The van der Waals surface area contributed by atoms with Crippen molar-refractivity contribution in [1.29, 1.82) is 0 Å². The van der Waals surface area contributed by atoms with E-state index >= 15 is 0 Å². The normalized spacial score (nSPS) is 17.8. The Hall–Kier alpha value is -2.72. The van der Waals surface area contributed by atoms with Gasteiger partial charge in [-0.05, 0) is 43.4 Å². The smallest absolute Gasteiger partial charge is 0.223 e. The lowest BCUT2D eigenvalue weighted by Crippen LogP contribution is -2.33. The fourth-order valence-corrected chi connectivity index (χ4v) is 3.93. The maximum absolute atomic E-state index is 12.3. The van der Waals surface area contributed by atoms with Crippen LogP contribution in [-0.2, 0) is 17.6 Å². The van der Waals surface area contributed by atoms with Crippen LogP contribution in [0.15, 0.2) is 54.6 Å². The molecule has 1 aliphatic heterocycles. The highest BCUT2D eigenvalue weighted by Crippen LogP contribution is 2.21. The van der Waals surface area contributed by atoms with Crippen molar-refractivity contribution < 1.29 is 14.7 Å². The summed E-state index contributed by atoms with van der Waals surface area (Å²) in [7, 11) is 0. The maximum Gasteiger partial charge on any atom is 0.223 e. The van der Waals surface area contributed by atoms with Crippen LogP contribution < -0.4 is 0 Å². The van der Waals surface area contributed by atoms with E-state index in [1.54, 1.807) is 0 Å². The summed E-state index contributed by atoms with van der Waals surface area (Å²) >= 11 is 0. The Morgan fingerprint density at radius 3 is 2.72 bits per heavy atom. The van der Waals surface area contributed by atoms with E-state index in [0.717, 1.165) is 35.8 Å². The van der Waals surface area contributed by atoms with Gasteiger partial charge in [0, 0.05) is 24.9 Å². The summed E-state index contributed by atoms with van der Waals surface area (Å²) in [4.78, 5) is 25.2. The highest BCUT2D eigenvalue weighted by atomic mass is 16.3. The van der Waals surface area contributed by atoms with Crippen LogP contribution in [0.3, 0.4) is 0 Å². The average molecular weight is 392 g/mol. The van der Waals surface area contributed by atoms with Gasteiger partial charge in [-0.2, -0.15) is 0 Å². The van der Waals surface area contributed by atoms with E-state index in [4.69, 9.17) is 0 Å². The molecule has 3 rings (SSSR count). The van der Waals surface area contributed by atoms with Crippen molar-refractivity contribution in [2.45, 2.75) is 51.7 Å². The molecule has 0 bridgehead atoms. The fraction of sp³-hybridized carbons (Fsp3) is 0.360. The first kappa shape index (κ1) is 21.0. The minimum atomic E-state index is -0.562. The first-order valence-electron chi connectivity index (χ1n) is 10.2. The fourth-order valence-electron chi connectivity index (χ4n) is 3.93. The molecular formula is C25H29NO3. The zero-order valence-electron chi connectivity index (χ0n) is 17.2. The van der Waals surface area contributed by atoms with E-state index in [1.807, 2.05) is 67.3 Å². The Labute approximate surface area is 172 Å². The van der Waals surface area contributed by atoms with Crippen LogP contribution in [0.1, 0.15) is 45.5 Å². The predicted octanol–water partition coefficient (Wildman–Crippen LogP) is 3.81. The number of rotatable bonds is 8. The standard InChI is InChI=1S/C25H29NO3/c1-18-4-3-5-21(14-18)16-24(28)10-8-23-9-11-25(29)26(23)13-12-20-6-7-22(17-27)19(2)15-20/h3-8,10,14-15,17,23-24,28H,9,11-13,16H2,1-2H3/b10-8+/t23-,24+/m0/s1. The molecular weight excluding hydrogens is 362 g/mol. The van der Waals surface area contributed by atoms with Crippen molar-refractivity contribution in [3.05, 3.63) is 82.4 Å². The highest BCUT2D eigenvalue weighted by molar-refractivity contribution is 5.79. The first-order valence-corrected chi connectivity index (χ1v) is 10.2. The number of aliphatic hydroxyl groups is 1. The summed E-state index contributed by atoms with van der Waals surface area (Å²) in [6.07, 6.45) is 6.76. The summed E-state index contributed by atoms with van der Waals surface area (Å²) < 4.78 is 0. The third-order valence-corrected chi connectivity index (χ3v) is 5.56. The number of aryl methyl sites for hydroxylation is 2. The van der Waals surface area contributed by atoms with E-state index in [-0.39, 0.29) is 11.9 Å². The van der Waals surface area contributed by atoms with Crippen LogP contribution in [0, 0.1) is 13.8 Å². The van der Waals surface area contributed by atoms with Gasteiger partial charge in [0.15, 0.2) is 0 Å². The van der Waals surface area contributed by atoms with E-state index in [1.165, 1.54) is 5.56 Å². The first-order chi connectivity index (χ1) is 14.0. The van der Waals surface area contributed by atoms with Crippen LogP contribution in [0.4, 0.5) is 0 Å². The van der Waals surface area contributed by atoms with Gasteiger partial charge in [-0.25, -0.2) is 0 Å². The molecule has 2 aromatic rings. The van der Waals surface area contributed by atoms with Crippen molar-refractivity contribution >= 4 is 12.2 Å². The Kier molecular flexibility index (Phi) is 6.99. The molecule has 0 saturated carbocycles. The summed E-state index contributed by atoms with van der Waals surface area (Å²) in [5, 5.41) is 10.4. The molecule has 0 radical (unpaired) electrons. The van der Waals surface area contributed by atoms with E-state index < -0.39 is 6.10 Å². The van der Waals surface area contributed by atoms with E-state index in [2.05, 4.69) is 6.07 Å². The molecule has 152 valence electrons. The Bertz CT molecular complexity index is 903. The molecule has 1 heterocycles. The molecule has 4 heteroatoms. The number of nitrogens with zero attached hydrogens (tertiary/aromatic N) is 1. The second kappa shape index (κ2) is 9.66. The minimum absolute atomic E-state index is 0.0324. The lowest BCUT2D eigenvalue weighted by atomic mass is 10.0. The highest BCUT2D eigenvalue weighted by Gasteiger charge is 2.28. The SMILES string of the molecule is Cc1cccc(C[C@H](O)/C=C/[C@H]2CCC(=O)N2CCc2ccc(C=O)c(C)c2)c1. The second-order valence-electron chi connectivity index (χ2n) is 7.90. The van der Waals surface area contributed by atoms with Crippen molar-refractivity contribution in [3.63, 3.8) is 0 Å². The number of aldehydes is 1. The van der Waals surface area contributed by atoms with Gasteiger partial charge in [0.05, 0.1) is 12.1 Å². The molecule has 2 atom stereocenters.